The van der Waals surface area contributed by atoms with Gasteiger partial charge < -0.3 is 15.3 Å². The number of carbonyl (C=O) groups is 2. The van der Waals surface area contributed by atoms with E-state index < -0.39 is 17.7 Å². The van der Waals surface area contributed by atoms with Crippen LogP contribution in [0.1, 0.15) is 42.7 Å². The van der Waals surface area contributed by atoms with Gasteiger partial charge in [0, 0.05) is 37.1 Å². The van der Waals surface area contributed by atoms with E-state index in [2.05, 4.69) is 32.5 Å². The van der Waals surface area contributed by atoms with Crippen LogP contribution in [0.2, 0.25) is 0 Å². The highest BCUT2D eigenvalue weighted by Gasteiger charge is 2.30. The van der Waals surface area contributed by atoms with Gasteiger partial charge >= 0.3 is 6.03 Å². The van der Waals surface area contributed by atoms with Crippen LogP contribution in [0.15, 0.2) is 48.9 Å². The lowest BCUT2D eigenvalue weighted by molar-refractivity contribution is -0.120. The van der Waals surface area contributed by atoms with Crippen molar-refractivity contribution in [3.63, 3.8) is 0 Å². The van der Waals surface area contributed by atoms with Crippen molar-refractivity contribution in [2.45, 2.75) is 44.8 Å². The van der Waals surface area contributed by atoms with E-state index in [9.17, 15) is 14.7 Å². The lowest BCUT2D eigenvalue weighted by atomic mass is 10.0. The highest BCUT2D eigenvalue weighted by molar-refractivity contribution is 6.00. The number of rotatable bonds is 3. The molecule has 4 rings (SSSR count). The molecular weight excluding hydrogens is 432 g/mol. The molecule has 0 saturated carbocycles. The van der Waals surface area contributed by atoms with E-state index in [0.29, 0.717) is 24.8 Å². The summed E-state index contributed by atoms with van der Waals surface area (Å²) in [5.74, 6) is 5.52. The fourth-order valence-electron chi connectivity index (χ4n) is 3.71. The summed E-state index contributed by atoms with van der Waals surface area (Å²) in [6.45, 7) is 3.23. The minimum absolute atomic E-state index is 0.216. The summed E-state index contributed by atoms with van der Waals surface area (Å²) in [7, 11) is 1.69. The highest BCUT2D eigenvalue weighted by atomic mass is 16.3. The van der Waals surface area contributed by atoms with E-state index in [1.54, 1.807) is 50.5 Å². The molecule has 2 amide bonds. The van der Waals surface area contributed by atoms with Gasteiger partial charge in [-0.2, -0.15) is 20.0 Å². The van der Waals surface area contributed by atoms with Gasteiger partial charge in [0.15, 0.2) is 0 Å². The Morgan fingerprint density at radius 2 is 2.15 bits per heavy atom. The molecule has 0 radical (unpaired) electrons. The molecule has 2 N–H and O–H groups in total. The highest BCUT2D eigenvalue weighted by Crippen LogP contribution is 2.27. The largest absolute Gasteiger partial charge is 0.378 e. The van der Waals surface area contributed by atoms with Crippen molar-refractivity contribution in [3.05, 3.63) is 71.3 Å². The second-order valence-electron chi connectivity index (χ2n) is 8.78. The smallest absolute Gasteiger partial charge is 0.342 e. The summed E-state index contributed by atoms with van der Waals surface area (Å²) < 4.78 is 1.20. The Kier molecular flexibility index (Phi) is 6.43. The maximum atomic E-state index is 13.1. The zero-order valence-electron chi connectivity index (χ0n) is 19.3. The molecule has 1 aromatic carbocycles. The summed E-state index contributed by atoms with van der Waals surface area (Å²) >= 11 is 0. The topological polar surface area (TPSA) is 113 Å². The summed E-state index contributed by atoms with van der Waals surface area (Å²) in [4.78, 5) is 27.5. The Morgan fingerprint density at radius 3 is 2.88 bits per heavy atom. The van der Waals surface area contributed by atoms with Crippen LogP contribution in [0.25, 0.3) is 0 Å². The van der Waals surface area contributed by atoms with Crippen LogP contribution in [0.4, 0.5) is 10.5 Å². The summed E-state index contributed by atoms with van der Waals surface area (Å²) in [5.41, 5.74) is 2.92. The minimum Gasteiger partial charge on any atom is -0.378 e. The average molecular weight is 459 g/mol. The fourth-order valence-corrected chi connectivity index (χ4v) is 3.71. The predicted molar refractivity (Wildman–Crippen MR) is 126 cm³/mol. The van der Waals surface area contributed by atoms with Crippen molar-refractivity contribution >= 4 is 17.6 Å². The van der Waals surface area contributed by atoms with Crippen LogP contribution < -0.4 is 10.2 Å². The molecule has 1 atom stereocenters. The quantitative estimate of drug-likeness (QED) is 0.580. The second-order valence-corrected chi connectivity index (χ2v) is 8.78. The van der Waals surface area contributed by atoms with Gasteiger partial charge in [0.1, 0.15) is 11.6 Å². The van der Waals surface area contributed by atoms with Crippen LogP contribution in [0.3, 0.4) is 0 Å². The van der Waals surface area contributed by atoms with Crippen molar-refractivity contribution in [1.29, 1.82) is 0 Å². The molecule has 9 heteroatoms. The van der Waals surface area contributed by atoms with Gasteiger partial charge in [-0.15, -0.1) is 0 Å². The molecule has 0 saturated heterocycles. The maximum absolute atomic E-state index is 13.1. The number of hydrogen-bond acceptors (Lipinski definition) is 6. The molecule has 174 valence electrons. The molecular formula is C25H26N6O3. The van der Waals surface area contributed by atoms with Gasteiger partial charge in [-0.25, -0.2) is 4.79 Å². The standard InChI is InChI=1S/C25H26N6O3/c1-25(2,34)11-10-17-6-7-19-8-9-21(23(32)30(3)22(19)14-17)28-24(33)31-16-18(15-27-31)13-20-5-4-12-26-29-20/h4-7,12,14-16,21,34H,8-9,13H2,1-3H3,(H,28,33). The second kappa shape index (κ2) is 9.45. The predicted octanol–water partition coefficient (Wildman–Crippen LogP) is 1.92. The molecule has 3 aromatic rings. The normalized spacial score (nSPS) is 15.7. The van der Waals surface area contributed by atoms with Crippen LogP contribution in [0.5, 0.6) is 0 Å². The van der Waals surface area contributed by atoms with Gasteiger partial charge in [0.25, 0.3) is 0 Å². The van der Waals surface area contributed by atoms with Gasteiger partial charge in [0.05, 0.1) is 11.9 Å². The number of fused-ring (bicyclic) bond motifs is 1. The van der Waals surface area contributed by atoms with Crippen molar-refractivity contribution < 1.29 is 14.7 Å². The molecule has 0 spiro atoms. The van der Waals surface area contributed by atoms with Crippen LogP contribution >= 0.6 is 0 Å². The lowest BCUT2D eigenvalue weighted by Gasteiger charge is -2.22. The molecule has 9 nitrogen and oxygen atoms in total. The number of aryl methyl sites for hydroxylation is 1. The molecule has 0 aliphatic carbocycles. The van der Waals surface area contributed by atoms with E-state index in [1.807, 2.05) is 24.3 Å². The van der Waals surface area contributed by atoms with E-state index >= 15 is 0 Å². The third-order valence-electron chi connectivity index (χ3n) is 5.45. The number of aliphatic hydroxyl groups is 1. The van der Waals surface area contributed by atoms with E-state index in [-0.39, 0.29) is 5.91 Å². The monoisotopic (exact) mass is 458 g/mol. The van der Waals surface area contributed by atoms with Crippen molar-refractivity contribution in [1.82, 2.24) is 25.3 Å². The fraction of sp³-hybridized carbons (Fsp3) is 0.320. The first kappa shape index (κ1) is 23.1. The Morgan fingerprint density at radius 1 is 1.32 bits per heavy atom. The number of benzene rings is 1. The van der Waals surface area contributed by atoms with E-state index in [4.69, 9.17) is 0 Å². The van der Waals surface area contributed by atoms with Crippen molar-refractivity contribution in [2.75, 3.05) is 11.9 Å². The van der Waals surface area contributed by atoms with Crippen LogP contribution in [-0.2, 0) is 17.6 Å². The minimum atomic E-state index is -1.11. The molecule has 1 unspecified atom stereocenters. The third-order valence-corrected chi connectivity index (χ3v) is 5.45. The molecule has 0 fully saturated rings. The van der Waals surface area contributed by atoms with Crippen LogP contribution in [-0.4, -0.2) is 55.7 Å². The van der Waals surface area contributed by atoms with Gasteiger partial charge in [-0.05, 0) is 62.1 Å². The zero-order chi connectivity index (χ0) is 24.3. The number of anilines is 1. The first-order valence-electron chi connectivity index (χ1n) is 11.0. The molecule has 34 heavy (non-hydrogen) atoms. The Hall–Kier alpha value is -4.03. The number of hydrogen-bond donors (Lipinski definition) is 2. The third kappa shape index (κ3) is 5.47. The molecule has 3 heterocycles. The number of likely N-dealkylation sites (N-methyl/N-ethyl adjacent to an activating group) is 1. The SMILES string of the molecule is CN1C(=O)C(NC(=O)n2cc(Cc3cccnn3)cn2)CCc2ccc(C#CC(C)(C)O)cc21. The average Bonchev–Trinajstić information content (AvgIpc) is 3.24. The number of carbonyl (C=O) groups excluding carboxylic acids is 2. The number of nitrogens with zero attached hydrogens (tertiary/aromatic N) is 5. The first-order valence-corrected chi connectivity index (χ1v) is 11.0. The van der Waals surface area contributed by atoms with Crippen molar-refractivity contribution in [2.24, 2.45) is 0 Å². The van der Waals surface area contributed by atoms with Crippen LogP contribution in [0, 0.1) is 11.8 Å². The molecule has 1 aliphatic heterocycles. The van der Waals surface area contributed by atoms with E-state index in [1.165, 1.54) is 4.68 Å². The lowest BCUT2D eigenvalue weighted by Crippen LogP contribution is -2.48. The van der Waals surface area contributed by atoms with Gasteiger partial charge in [0.2, 0.25) is 5.91 Å². The number of amides is 2. The number of nitrogens with one attached hydrogen (secondary N) is 1. The Labute approximate surface area is 197 Å². The molecule has 1 aliphatic rings. The zero-order valence-corrected chi connectivity index (χ0v) is 19.3. The maximum Gasteiger partial charge on any atom is 0.342 e. The van der Waals surface area contributed by atoms with E-state index in [0.717, 1.165) is 22.5 Å². The Bertz CT molecular complexity index is 1270. The first-order chi connectivity index (χ1) is 16.2. The molecule has 2 aromatic heterocycles. The summed E-state index contributed by atoms with van der Waals surface area (Å²) in [6, 6.07) is 8.13. The van der Waals surface area contributed by atoms with Gasteiger partial charge in [-0.1, -0.05) is 17.9 Å². The summed E-state index contributed by atoms with van der Waals surface area (Å²) in [5, 5.41) is 24.7. The number of aromatic nitrogens is 4. The Balaban J connectivity index is 1.46. The summed E-state index contributed by atoms with van der Waals surface area (Å²) in [6.07, 6.45) is 6.40. The van der Waals surface area contributed by atoms with Gasteiger partial charge in [-0.3, -0.25) is 4.79 Å². The van der Waals surface area contributed by atoms with Crippen molar-refractivity contribution in [3.8, 4) is 11.8 Å². The molecule has 0 bridgehead atoms.